The molecular weight excluding hydrogens is 228 g/mol. The lowest BCUT2D eigenvalue weighted by atomic mass is 10.2. The first-order valence-electron chi connectivity index (χ1n) is 6.41. The first kappa shape index (κ1) is 12.7. The van der Waals surface area contributed by atoms with Crippen LogP contribution in [0.5, 0.6) is 5.75 Å². The Kier molecular flexibility index (Phi) is 4.07. The molecule has 2 N–H and O–H groups in total. The van der Waals surface area contributed by atoms with Gasteiger partial charge in [0.05, 0.1) is 6.54 Å². The van der Waals surface area contributed by atoms with Crippen LogP contribution in [0, 0.1) is 6.92 Å². The lowest BCUT2D eigenvalue weighted by molar-refractivity contribution is 0.207. The molecular formula is C14H20N2O2. The minimum atomic E-state index is -0.100. The summed E-state index contributed by atoms with van der Waals surface area (Å²) in [4.78, 5) is 11.4. The van der Waals surface area contributed by atoms with Crippen molar-refractivity contribution >= 4 is 6.03 Å². The van der Waals surface area contributed by atoms with E-state index in [2.05, 4.69) is 10.6 Å². The van der Waals surface area contributed by atoms with Crippen LogP contribution in [0.4, 0.5) is 4.79 Å². The molecule has 0 heterocycles. The zero-order valence-corrected chi connectivity index (χ0v) is 10.9. The monoisotopic (exact) mass is 248 g/mol. The molecule has 1 aromatic carbocycles. The van der Waals surface area contributed by atoms with E-state index in [0.29, 0.717) is 12.6 Å². The van der Waals surface area contributed by atoms with Gasteiger partial charge in [-0.3, -0.25) is 0 Å². The molecule has 1 fully saturated rings. The second kappa shape index (κ2) is 5.76. The Morgan fingerprint density at radius 2 is 2.06 bits per heavy atom. The number of ether oxygens (including phenoxy) is 1. The molecule has 0 spiro atoms. The van der Waals surface area contributed by atoms with E-state index >= 15 is 0 Å². The Bertz CT molecular complexity index is 399. The van der Waals surface area contributed by atoms with Crippen molar-refractivity contribution in [2.45, 2.75) is 38.8 Å². The van der Waals surface area contributed by atoms with E-state index in [1.54, 1.807) is 0 Å². The highest BCUT2D eigenvalue weighted by Crippen LogP contribution is 2.18. The van der Waals surface area contributed by atoms with E-state index < -0.39 is 0 Å². The smallest absolute Gasteiger partial charge is 0.315 e. The van der Waals surface area contributed by atoms with Gasteiger partial charge in [0.2, 0.25) is 0 Å². The summed E-state index contributed by atoms with van der Waals surface area (Å²) in [6.07, 6.45) is 2.16. The maximum atomic E-state index is 11.4. The van der Waals surface area contributed by atoms with Crippen molar-refractivity contribution < 1.29 is 9.53 Å². The molecule has 1 atom stereocenters. The Morgan fingerprint density at radius 3 is 2.67 bits per heavy atom. The molecule has 0 saturated heterocycles. The molecule has 0 radical (unpaired) electrons. The molecule has 1 aliphatic rings. The van der Waals surface area contributed by atoms with Gasteiger partial charge in [-0.2, -0.15) is 0 Å². The SMILES string of the molecule is Cc1ccc(OC(C)CNC(=O)NC2CC2)cc1. The third-order valence-corrected chi connectivity index (χ3v) is 2.82. The van der Waals surface area contributed by atoms with Crippen LogP contribution in [0.3, 0.4) is 0 Å². The molecule has 4 heteroatoms. The van der Waals surface area contributed by atoms with Crippen LogP contribution in [-0.2, 0) is 0 Å². The zero-order chi connectivity index (χ0) is 13.0. The van der Waals surface area contributed by atoms with Crippen LogP contribution in [0.2, 0.25) is 0 Å². The molecule has 2 amide bonds. The summed E-state index contributed by atoms with van der Waals surface area (Å²) in [6, 6.07) is 8.19. The molecule has 0 aliphatic heterocycles. The van der Waals surface area contributed by atoms with Gasteiger partial charge in [0.15, 0.2) is 0 Å². The highest BCUT2D eigenvalue weighted by Gasteiger charge is 2.23. The summed E-state index contributed by atoms with van der Waals surface area (Å²) in [5.74, 6) is 0.831. The second-order valence-corrected chi connectivity index (χ2v) is 4.87. The fourth-order valence-corrected chi connectivity index (χ4v) is 1.59. The van der Waals surface area contributed by atoms with E-state index in [9.17, 15) is 4.79 Å². The summed E-state index contributed by atoms with van der Waals surface area (Å²) in [6.45, 7) is 4.49. The lowest BCUT2D eigenvalue weighted by Gasteiger charge is -2.15. The number of rotatable bonds is 5. The summed E-state index contributed by atoms with van der Waals surface area (Å²) >= 11 is 0. The van der Waals surface area contributed by atoms with E-state index in [0.717, 1.165) is 18.6 Å². The minimum absolute atomic E-state index is 0.0438. The van der Waals surface area contributed by atoms with Crippen molar-refractivity contribution in [1.29, 1.82) is 0 Å². The Labute approximate surface area is 108 Å². The number of hydrogen-bond donors (Lipinski definition) is 2. The molecule has 1 aliphatic carbocycles. The van der Waals surface area contributed by atoms with Crippen molar-refractivity contribution in [3.8, 4) is 5.75 Å². The first-order chi connectivity index (χ1) is 8.63. The molecule has 0 aromatic heterocycles. The Morgan fingerprint density at radius 1 is 1.39 bits per heavy atom. The summed E-state index contributed by atoms with van der Waals surface area (Å²) in [5.41, 5.74) is 1.21. The van der Waals surface area contributed by atoms with Crippen molar-refractivity contribution in [1.82, 2.24) is 10.6 Å². The number of carbonyl (C=O) groups is 1. The van der Waals surface area contributed by atoms with Gasteiger partial charge in [0.25, 0.3) is 0 Å². The van der Waals surface area contributed by atoms with Crippen LogP contribution >= 0.6 is 0 Å². The fraction of sp³-hybridized carbons (Fsp3) is 0.500. The number of benzene rings is 1. The van der Waals surface area contributed by atoms with Gasteiger partial charge in [-0.25, -0.2) is 4.79 Å². The number of urea groups is 1. The quantitative estimate of drug-likeness (QED) is 0.839. The van der Waals surface area contributed by atoms with Gasteiger partial charge < -0.3 is 15.4 Å². The molecule has 1 saturated carbocycles. The van der Waals surface area contributed by atoms with E-state index in [1.807, 2.05) is 38.1 Å². The van der Waals surface area contributed by atoms with Crippen LogP contribution in [0.1, 0.15) is 25.3 Å². The maximum Gasteiger partial charge on any atom is 0.315 e. The average Bonchev–Trinajstić information content (AvgIpc) is 3.13. The third kappa shape index (κ3) is 4.28. The van der Waals surface area contributed by atoms with Gasteiger partial charge >= 0.3 is 6.03 Å². The van der Waals surface area contributed by atoms with Gasteiger partial charge in [0.1, 0.15) is 11.9 Å². The van der Waals surface area contributed by atoms with Gasteiger partial charge in [-0.15, -0.1) is 0 Å². The molecule has 1 unspecified atom stereocenters. The van der Waals surface area contributed by atoms with Crippen molar-refractivity contribution in [2.75, 3.05) is 6.54 Å². The molecule has 98 valence electrons. The number of aryl methyl sites for hydroxylation is 1. The molecule has 18 heavy (non-hydrogen) atoms. The van der Waals surface area contributed by atoms with Crippen LogP contribution < -0.4 is 15.4 Å². The standard InChI is InChI=1S/C14H20N2O2/c1-10-3-7-13(8-4-10)18-11(2)9-15-14(17)16-12-5-6-12/h3-4,7-8,11-12H,5-6,9H2,1-2H3,(H2,15,16,17). The second-order valence-electron chi connectivity index (χ2n) is 4.87. The Balaban J connectivity index is 1.69. The predicted molar refractivity (Wildman–Crippen MR) is 70.8 cm³/mol. The average molecular weight is 248 g/mol. The van der Waals surface area contributed by atoms with E-state index in [4.69, 9.17) is 4.74 Å². The van der Waals surface area contributed by atoms with Crippen molar-refractivity contribution in [3.05, 3.63) is 29.8 Å². The first-order valence-corrected chi connectivity index (χ1v) is 6.41. The maximum absolute atomic E-state index is 11.4. The molecule has 4 nitrogen and oxygen atoms in total. The summed E-state index contributed by atoms with van der Waals surface area (Å²) in [5, 5.41) is 5.69. The van der Waals surface area contributed by atoms with Gasteiger partial charge in [0, 0.05) is 6.04 Å². The van der Waals surface area contributed by atoms with E-state index in [1.165, 1.54) is 5.56 Å². The van der Waals surface area contributed by atoms with Crippen molar-refractivity contribution in [2.24, 2.45) is 0 Å². The molecule has 0 bridgehead atoms. The largest absolute Gasteiger partial charge is 0.489 e. The number of hydrogen-bond acceptors (Lipinski definition) is 2. The number of nitrogens with one attached hydrogen (secondary N) is 2. The molecule has 2 rings (SSSR count). The van der Waals surface area contributed by atoms with Gasteiger partial charge in [-0.1, -0.05) is 17.7 Å². The minimum Gasteiger partial charge on any atom is -0.489 e. The van der Waals surface area contributed by atoms with Crippen LogP contribution in [0.25, 0.3) is 0 Å². The fourth-order valence-electron chi connectivity index (χ4n) is 1.59. The highest BCUT2D eigenvalue weighted by molar-refractivity contribution is 5.74. The Hall–Kier alpha value is -1.71. The topological polar surface area (TPSA) is 50.4 Å². The highest BCUT2D eigenvalue weighted by atomic mass is 16.5. The summed E-state index contributed by atoms with van der Waals surface area (Å²) < 4.78 is 5.70. The van der Waals surface area contributed by atoms with Gasteiger partial charge in [-0.05, 0) is 38.8 Å². The van der Waals surface area contributed by atoms with Crippen LogP contribution in [-0.4, -0.2) is 24.7 Å². The normalized spacial score (nSPS) is 15.9. The number of amides is 2. The predicted octanol–water partition coefficient (Wildman–Crippen LogP) is 2.22. The zero-order valence-electron chi connectivity index (χ0n) is 10.9. The van der Waals surface area contributed by atoms with Crippen molar-refractivity contribution in [3.63, 3.8) is 0 Å². The third-order valence-electron chi connectivity index (χ3n) is 2.82. The van der Waals surface area contributed by atoms with Crippen LogP contribution in [0.15, 0.2) is 24.3 Å². The number of carbonyl (C=O) groups excluding carboxylic acids is 1. The van der Waals surface area contributed by atoms with E-state index in [-0.39, 0.29) is 12.1 Å². The summed E-state index contributed by atoms with van der Waals surface area (Å²) in [7, 11) is 0. The lowest BCUT2D eigenvalue weighted by Crippen LogP contribution is -2.41. The molecule has 1 aromatic rings.